The highest BCUT2D eigenvalue weighted by Crippen LogP contribution is 2.58. The Labute approximate surface area is 95.4 Å². The van der Waals surface area contributed by atoms with E-state index in [9.17, 15) is 4.57 Å². The van der Waals surface area contributed by atoms with Crippen LogP contribution in [0.3, 0.4) is 0 Å². The van der Waals surface area contributed by atoms with Gasteiger partial charge in [-0.2, -0.15) is 0 Å². The van der Waals surface area contributed by atoms with Crippen molar-refractivity contribution in [2.45, 2.75) is 26.6 Å². The molecule has 0 aliphatic carbocycles. The van der Waals surface area contributed by atoms with Crippen LogP contribution in [-0.2, 0) is 13.6 Å². The fraction of sp³-hybridized carbons (Fsp3) is 0.600. The van der Waals surface area contributed by atoms with Gasteiger partial charge < -0.3 is 19.2 Å². The fourth-order valence-electron chi connectivity index (χ4n) is 1.33. The molecule has 0 bridgehead atoms. The Morgan fingerprint density at radius 2 is 1.94 bits per heavy atom. The van der Waals surface area contributed by atoms with E-state index in [0.717, 1.165) is 0 Å². The topological polar surface area (TPSA) is 74.7 Å². The summed E-state index contributed by atoms with van der Waals surface area (Å²) in [5.74, 6) is 0.258. The van der Waals surface area contributed by atoms with Crippen molar-refractivity contribution in [3.63, 3.8) is 0 Å². The van der Waals surface area contributed by atoms with Crippen molar-refractivity contribution in [3.05, 3.63) is 23.7 Å². The first-order valence-electron chi connectivity index (χ1n) is 5.24. The molecule has 0 unspecified atom stereocenters. The molecule has 0 fully saturated rings. The molecule has 0 aliphatic rings. The lowest BCUT2D eigenvalue weighted by atomic mass is 10.4. The van der Waals surface area contributed by atoms with Gasteiger partial charge in [-0.1, -0.05) is 0 Å². The molecular formula is C10H18NO4P. The molecule has 1 heterocycles. The van der Waals surface area contributed by atoms with Crippen molar-refractivity contribution in [1.82, 2.24) is 0 Å². The second-order valence-corrected chi connectivity index (χ2v) is 5.42. The SMILES string of the molecule is CCOP(=O)(OCC)[C@H](N)c1ccc(C)o1. The van der Waals surface area contributed by atoms with E-state index < -0.39 is 13.4 Å². The van der Waals surface area contributed by atoms with Gasteiger partial charge in [0.15, 0.2) is 5.78 Å². The van der Waals surface area contributed by atoms with Gasteiger partial charge in [0.2, 0.25) is 0 Å². The van der Waals surface area contributed by atoms with Crippen LogP contribution in [0, 0.1) is 6.92 Å². The summed E-state index contributed by atoms with van der Waals surface area (Å²) in [6.45, 7) is 5.84. The molecule has 1 aromatic heterocycles. The van der Waals surface area contributed by atoms with Crippen LogP contribution in [0.5, 0.6) is 0 Å². The predicted molar refractivity (Wildman–Crippen MR) is 61.2 cm³/mol. The van der Waals surface area contributed by atoms with Gasteiger partial charge >= 0.3 is 7.60 Å². The molecule has 2 N–H and O–H groups in total. The smallest absolute Gasteiger partial charge is 0.354 e. The molecule has 1 rings (SSSR count). The van der Waals surface area contributed by atoms with E-state index in [2.05, 4.69) is 0 Å². The summed E-state index contributed by atoms with van der Waals surface area (Å²) in [4.78, 5) is 0. The Balaban J connectivity index is 2.90. The standard InChI is InChI=1S/C10H18NO4P/c1-4-13-16(12,14-5-2)10(11)9-7-6-8(3)15-9/h6-7,10H,4-5,11H2,1-3H3/t10-/m0/s1. The molecular weight excluding hydrogens is 229 g/mol. The van der Waals surface area contributed by atoms with Crippen molar-refractivity contribution in [2.24, 2.45) is 5.73 Å². The molecule has 6 heteroatoms. The number of furan rings is 1. The van der Waals surface area contributed by atoms with E-state index in [4.69, 9.17) is 19.2 Å². The molecule has 0 spiro atoms. The van der Waals surface area contributed by atoms with E-state index in [1.165, 1.54) is 0 Å². The van der Waals surface area contributed by atoms with Gasteiger partial charge in [-0.05, 0) is 32.9 Å². The lowest BCUT2D eigenvalue weighted by Gasteiger charge is -2.21. The average molecular weight is 247 g/mol. The quantitative estimate of drug-likeness (QED) is 0.782. The van der Waals surface area contributed by atoms with Gasteiger partial charge in [-0.3, -0.25) is 4.57 Å². The third-order valence-electron chi connectivity index (χ3n) is 2.01. The van der Waals surface area contributed by atoms with Crippen LogP contribution >= 0.6 is 7.60 Å². The zero-order valence-electron chi connectivity index (χ0n) is 9.80. The number of nitrogens with two attached hydrogens (primary N) is 1. The summed E-state index contributed by atoms with van der Waals surface area (Å²) in [6, 6.07) is 3.45. The van der Waals surface area contributed by atoms with Crippen molar-refractivity contribution in [2.75, 3.05) is 13.2 Å². The lowest BCUT2D eigenvalue weighted by molar-refractivity contribution is 0.209. The van der Waals surface area contributed by atoms with Crippen LogP contribution in [0.15, 0.2) is 16.5 Å². The maximum atomic E-state index is 12.3. The molecule has 0 amide bonds. The molecule has 5 nitrogen and oxygen atoms in total. The highest BCUT2D eigenvalue weighted by molar-refractivity contribution is 7.54. The zero-order valence-corrected chi connectivity index (χ0v) is 10.7. The first-order chi connectivity index (χ1) is 7.53. The van der Waals surface area contributed by atoms with Gasteiger partial charge in [-0.15, -0.1) is 0 Å². The Morgan fingerprint density at radius 3 is 2.31 bits per heavy atom. The molecule has 16 heavy (non-hydrogen) atoms. The molecule has 0 aromatic carbocycles. The maximum absolute atomic E-state index is 12.3. The van der Waals surface area contributed by atoms with Crippen LogP contribution in [0.1, 0.15) is 31.2 Å². The molecule has 1 atom stereocenters. The van der Waals surface area contributed by atoms with E-state index >= 15 is 0 Å². The molecule has 0 radical (unpaired) electrons. The summed E-state index contributed by atoms with van der Waals surface area (Å²) < 4.78 is 27.9. The van der Waals surface area contributed by atoms with Crippen molar-refractivity contribution in [3.8, 4) is 0 Å². The first kappa shape index (κ1) is 13.5. The Morgan fingerprint density at radius 1 is 1.38 bits per heavy atom. The normalized spacial score (nSPS) is 14.0. The first-order valence-corrected chi connectivity index (χ1v) is 6.85. The van der Waals surface area contributed by atoms with Gasteiger partial charge in [0.25, 0.3) is 0 Å². The molecule has 0 aliphatic heterocycles. The molecule has 0 saturated heterocycles. The Hall–Kier alpha value is -0.610. The van der Waals surface area contributed by atoms with Crippen LogP contribution in [0.4, 0.5) is 0 Å². The zero-order chi connectivity index (χ0) is 12.2. The third kappa shape index (κ3) is 2.95. The van der Waals surface area contributed by atoms with Crippen molar-refractivity contribution in [1.29, 1.82) is 0 Å². The van der Waals surface area contributed by atoms with Gasteiger partial charge in [-0.25, -0.2) is 0 Å². The third-order valence-corrected chi connectivity index (χ3v) is 4.18. The molecule has 92 valence electrons. The van der Waals surface area contributed by atoms with Crippen molar-refractivity contribution >= 4 is 7.60 Å². The number of aryl methyl sites for hydroxylation is 1. The summed E-state index contributed by atoms with van der Waals surface area (Å²) >= 11 is 0. The van der Waals surface area contributed by atoms with Gasteiger partial charge in [0, 0.05) is 0 Å². The van der Waals surface area contributed by atoms with Crippen molar-refractivity contribution < 1.29 is 18.0 Å². The van der Waals surface area contributed by atoms with E-state index in [-0.39, 0.29) is 13.2 Å². The number of hydrogen-bond acceptors (Lipinski definition) is 5. The van der Waals surface area contributed by atoms with Crippen LogP contribution in [-0.4, -0.2) is 13.2 Å². The minimum Gasteiger partial charge on any atom is -0.464 e. The van der Waals surface area contributed by atoms with Crippen LogP contribution in [0.25, 0.3) is 0 Å². The molecule has 0 saturated carbocycles. The summed E-state index contributed by atoms with van der Waals surface area (Å²) in [5.41, 5.74) is 5.85. The van der Waals surface area contributed by atoms with E-state index in [1.54, 1.807) is 32.9 Å². The summed E-state index contributed by atoms with van der Waals surface area (Å²) in [6.07, 6.45) is 0. The largest absolute Gasteiger partial charge is 0.464 e. The Kier molecular flexibility index (Phi) is 4.74. The second-order valence-electron chi connectivity index (χ2n) is 3.27. The van der Waals surface area contributed by atoms with E-state index in [0.29, 0.717) is 11.5 Å². The number of rotatable bonds is 6. The van der Waals surface area contributed by atoms with Gasteiger partial charge in [0.05, 0.1) is 13.2 Å². The lowest BCUT2D eigenvalue weighted by Crippen LogP contribution is -2.14. The average Bonchev–Trinajstić information content (AvgIpc) is 2.64. The minimum absolute atomic E-state index is 0.282. The number of hydrogen-bond donors (Lipinski definition) is 1. The maximum Gasteiger partial charge on any atom is 0.354 e. The Bertz CT molecular complexity index is 367. The molecule has 1 aromatic rings. The minimum atomic E-state index is -3.33. The van der Waals surface area contributed by atoms with E-state index in [1.807, 2.05) is 0 Å². The second kappa shape index (κ2) is 5.64. The fourth-order valence-corrected chi connectivity index (χ4v) is 2.89. The predicted octanol–water partition coefficient (Wildman–Crippen LogP) is 2.81. The highest BCUT2D eigenvalue weighted by atomic mass is 31.2. The highest BCUT2D eigenvalue weighted by Gasteiger charge is 2.35. The van der Waals surface area contributed by atoms with Gasteiger partial charge in [0.1, 0.15) is 11.5 Å². The summed E-state index contributed by atoms with van der Waals surface area (Å²) in [5, 5.41) is 0. The monoisotopic (exact) mass is 247 g/mol. The van der Waals surface area contributed by atoms with Crippen LogP contribution < -0.4 is 5.73 Å². The summed E-state index contributed by atoms with van der Waals surface area (Å²) in [7, 11) is -3.33. The van der Waals surface area contributed by atoms with Crippen LogP contribution in [0.2, 0.25) is 0 Å².